The Morgan fingerprint density at radius 1 is 1.21 bits per heavy atom. The van der Waals surface area contributed by atoms with Crippen LogP contribution in [0.2, 0.25) is 0 Å². The monoisotopic (exact) mass is 260 g/mol. The minimum absolute atomic E-state index is 0.216. The molecule has 100 valence electrons. The lowest BCUT2D eigenvalue weighted by atomic mass is 10.2. The summed E-state index contributed by atoms with van der Waals surface area (Å²) in [5.74, 6) is 0.525. The molecule has 1 aromatic heterocycles. The van der Waals surface area contributed by atoms with Crippen LogP contribution in [-0.4, -0.2) is 17.7 Å². The highest BCUT2D eigenvalue weighted by molar-refractivity contribution is 5.74. The normalized spacial score (nSPS) is 11.8. The van der Waals surface area contributed by atoms with E-state index in [-0.39, 0.29) is 12.6 Å². The van der Waals surface area contributed by atoms with E-state index in [0.29, 0.717) is 12.3 Å². The zero-order valence-electron chi connectivity index (χ0n) is 10.4. The number of aliphatic hydroxyl groups excluding tert-OH is 1. The molecular formula is C14H16N2O3. The minimum atomic E-state index is -0.536. The van der Waals surface area contributed by atoms with Crippen molar-refractivity contribution in [3.05, 3.63) is 60.1 Å². The molecule has 5 heteroatoms. The van der Waals surface area contributed by atoms with Crippen molar-refractivity contribution in [3.8, 4) is 0 Å². The van der Waals surface area contributed by atoms with Gasteiger partial charge in [0.2, 0.25) is 0 Å². The van der Waals surface area contributed by atoms with Crippen LogP contribution in [0.25, 0.3) is 0 Å². The summed E-state index contributed by atoms with van der Waals surface area (Å²) in [7, 11) is 0. The number of amides is 2. The van der Waals surface area contributed by atoms with E-state index in [1.54, 1.807) is 12.1 Å². The number of aliphatic hydroxyl groups is 1. The fourth-order valence-electron chi connectivity index (χ4n) is 1.68. The second-order valence-corrected chi connectivity index (χ2v) is 4.06. The summed E-state index contributed by atoms with van der Waals surface area (Å²) < 4.78 is 5.15. The van der Waals surface area contributed by atoms with Crippen LogP contribution in [0, 0.1) is 0 Å². The molecule has 0 spiro atoms. The van der Waals surface area contributed by atoms with Crippen LogP contribution < -0.4 is 10.6 Å². The lowest BCUT2D eigenvalue weighted by Gasteiger charge is -2.14. The van der Waals surface area contributed by atoms with Gasteiger partial charge in [-0.05, 0) is 17.7 Å². The number of carbonyl (C=O) groups is 1. The summed E-state index contributed by atoms with van der Waals surface area (Å²) in [4.78, 5) is 11.7. The lowest BCUT2D eigenvalue weighted by molar-refractivity contribution is 0.207. The average Bonchev–Trinajstić information content (AvgIpc) is 2.97. The average molecular weight is 260 g/mol. The van der Waals surface area contributed by atoms with Crippen LogP contribution in [0.5, 0.6) is 0 Å². The van der Waals surface area contributed by atoms with E-state index in [4.69, 9.17) is 4.42 Å². The largest absolute Gasteiger partial charge is 0.467 e. The first-order chi connectivity index (χ1) is 9.29. The molecule has 1 aromatic carbocycles. The second-order valence-electron chi connectivity index (χ2n) is 4.06. The number of hydrogen-bond donors (Lipinski definition) is 3. The predicted octanol–water partition coefficient (Wildman–Crippen LogP) is 1.81. The number of benzene rings is 1. The molecule has 0 bridgehead atoms. The summed E-state index contributed by atoms with van der Waals surface area (Å²) in [6.45, 7) is 0.218. The smallest absolute Gasteiger partial charge is 0.315 e. The minimum Gasteiger partial charge on any atom is -0.467 e. The zero-order chi connectivity index (χ0) is 13.5. The molecule has 19 heavy (non-hydrogen) atoms. The third-order valence-corrected chi connectivity index (χ3v) is 2.67. The van der Waals surface area contributed by atoms with Gasteiger partial charge in [0.1, 0.15) is 11.8 Å². The Bertz CT molecular complexity index is 497. The van der Waals surface area contributed by atoms with Crippen LogP contribution in [0.15, 0.2) is 53.1 Å². The van der Waals surface area contributed by atoms with Gasteiger partial charge < -0.3 is 20.2 Å². The lowest BCUT2D eigenvalue weighted by Crippen LogP contribution is -2.38. The zero-order valence-corrected chi connectivity index (χ0v) is 10.4. The maximum absolute atomic E-state index is 11.7. The van der Waals surface area contributed by atoms with Crippen LogP contribution >= 0.6 is 0 Å². The van der Waals surface area contributed by atoms with Gasteiger partial charge in [-0.3, -0.25) is 0 Å². The van der Waals surface area contributed by atoms with Gasteiger partial charge in [-0.2, -0.15) is 0 Å². The maximum atomic E-state index is 11.7. The Labute approximate surface area is 111 Å². The third kappa shape index (κ3) is 3.86. The fourth-order valence-corrected chi connectivity index (χ4v) is 1.68. The molecule has 1 heterocycles. The van der Waals surface area contributed by atoms with Crippen molar-refractivity contribution < 1.29 is 14.3 Å². The molecule has 2 rings (SSSR count). The molecule has 2 aromatic rings. The van der Waals surface area contributed by atoms with E-state index in [1.807, 2.05) is 30.3 Å². The van der Waals surface area contributed by atoms with Crippen molar-refractivity contribution >= 4 is 6.03 Å². The SMILES string of the molecule is O=C(NCc1ccccc1)NC(CO)c1ccco1. The van der Waals surface area contributed by atoms with Crippen molar-refractivity contribution in [2.24, 2.45) is 0 Å². The summed E-state index contributed by atoms with van der Waals surface area (Å²) in [5, 5.41) is 14.6. The van der Waals surface area contributed by atoms with E-state index in [9.17, 15) is 9.90 Å². The summed E-state index contributed by atoms with van der Waals surface area (Å²) in [5.41, 5.74) is 1.01. The molecule has 0 radical (unpaired) electrons. The Hall–Kier alpha value is -2.27. The highest BCUT2D eigenvalue weighted by Gasteiger charge is 2.15. The van der Waals surface area contributed by atoms with Crippen molar-refractivity contribution in [3.63, 3.8) is 0 Å². The first kappa shape index (κ1) is 13.2. The molecule has 2 amide bonds. The van der Waals surface area contributed by atoms with Gasteiger partial charge in [0.15, 0.2) is 0 Å². The van der Waals surface area contributed by atoms with Gasteiger partial charge in [-0.15, -0.1) is 0 Å². The molecule has 0 saturated carbocycles. The summed E-state index contributed by atoms with van der Waals surface area (Å²) in [6.07, 6.45) is 1.50. The Kier molecular flexibility index (Phi) is 4.58. The van der Waals surface area contributed by atoms with Gasteiger partial charge in [0.05, 0.1) is 12.9 Å². The molecule has 0 aliphatic carbocycles. The number of nitrogens with one attached hydrogen (secondary N) is 2. The van der Waals surface area contributed by atoms with Gasteiger partial charge in [-0.25, -0.2) is 4.79 Å². The number of carbonyl (C=O) groups excluding carboxylic acids is 1. The molecule has 3 N–H and O–H groups in total. The maximum Gasteiger partial charge on any atom is 0.315 e. The van der Waals surface area contributed by atoms with E-state index in [1.165, 1.54) is 6.26 Å². The van der Waals surface area contributed by atoms with E-state index < -0.39 is 6.04 Å². The topological polar surface area (TPSA) is 74.5 Å². The molecule has 0 aliphatic rings. The molecule has 0 fully saturated rings. The highest BCUT2D eigenvalue weighted by Crippen LogP contribution is 2.12. The van der Waals surface area contributed by atoms with Gasteiger partial charge >= 0.3 is 6.03 Å². The molecular weight excluding hydrogens is 244 g/mol. The van der Waals surface area contributed by atoms with E-state index in [2.05, 4.69) is 10.6 Å². The van der Waals surface area contributed by atoms with E-state index >= 15 is 0 Å². The Balaban J connectivity index is 1.84. The number of hydrogen-bond acceptors (Lipinski definition) is 3. The Morgan fingerprint density at radius 3 is 2.63 bits per heavy atom. The fraction of sp³-hybridized carbons (Fsp3) is 0.214. The molecule has 1 unspecified atom stereocenters. The standard InChI is InChI=1S/C14H16N2O3/c17-10-12(13-7-4-8-19-13)16-14(18)15-9-11-5-2-1-3-6-11/h1-8,12,17H,9-10H2,(H2,15,16,18). The van der Waals surface area contributed by atoms with Crippen molar-refractivity contribution in [1.29, 1.82) is 0 Å². The van der Waals surface area contributed by atoms with Crippen LogP contribution in [0.3, 0.4) is 0 Å². The van der Waals surface area contributed by atoms with Crippen LogP contribution in [0.4, 0.5) is 4.79 Å². The van der Waals surface area contributed by atoms with Gasteiger partial charge in [0, 0.05) is 6.54 Å². The van der Waals surface area contributed by atoms with Crippen LogP contribution in [0.1, 0.15) is 17.4 Å². The molecule has 0 aliphatic heterocycles. The van der Waals surface area contributed by atoms with Gasteiger partial charge in [0.25, 0.3) is 0 Å². The Morgan fingerprint density at radius 2 is 2.00 bits per heavy atom. The first-order valence-corrected chi connectivity index (χ1v) is 6.02. The third-order valence-electron chi connectivity index (χ3n) is 2.67. The van der Waals surface area contributed by atoms with Crippen molar-refractivity contribution in [1.82, 2.24) is 10.6 Å². The summed E-state index contributed by atoms with van der Waals surface area (Å²) >= 11 is 0. The molecule has 1 atom stereocenters. The summed E-state index contributed by atoms with van der Waals surface area (Å²) in [6, 6.07) is 12.1. The number of urea groups is 1. The molecule has 5 nitrogen and oxygen atoms in total. The predicted molar refractivity (Wildman–Crippen MR) is 70.3 cm³/mol. The quantitative estimate of drug-likeness (QED) is 0.767. The van der Waals surface area contributed by atoms with Crippen LogP contribution in [-0.2, 0) is 6.54 Å². The van der Waals surface area contributed by atoms with Crippen molar-refractivity contribution in [2.75, 3.05) is 6.61 Å². The van der Waals surface area contributed by atoms with E-state index in [0.717, 1.165) is 5.56 Å². The first-order valence-electron chi connectivity index (χ1n) is 6.02. The second kappa shape index (κ2) is 6.61. The number of furan rings is 1. The number of rotatable bonds is 5. The molecule has 0 saturated heterocycles. The highest BCUT2D eigenvalue weighted by atomic mass is 16.3. The van der Waals surface area contributed by atoms with Gasteiger partial charge in [-0.1, -0.05) is 30.3 Å². The van der Waals surface area contributed by atoms with Crippen molar-refractivity contribution in [2.45, 2.75) is 12.6 Å².